The summed E-state index contributed by atoms with van der Waals surface area (Å²) < 4.78 is 2.02. The van der Waals surface area contributed by atoms with E-state index in [1.54, 1.807) is 6.33 Å². The quantitative estimate of drug-likeness (QED) is 0.352. The van der Waals surface area contributed by atoms with Crippen molar-refractivity contribution >= 4 is 5.96 Å². The first-order valence-corrected chi connectivity index (χ1v) is 9.20. The predicted octanol–water partition coefficient (Wildman–Crippen LogP) is 3.10. The van der Waals surface area contributed by atoms with Crippen molar-refractivity contribution in [1.82, 2.24) is 25.4 Å². The molecule has 0 spiro atoms. The minimum Gasteiger partial charge on any atom is -0.357 e. The number of aliphatic imine (C=N–C) groups is 1. The molecular weight excluding hydrogens is 288 g/mol. The lowest BCUT2D eigenvalue weighted by Crippen LogP contribution is -2.37. The summed E-state index contributed by atoms with van der Waals surface area (Å²) in [6.45, 7) is 9.69. The van der Waals surface area contributed by atoms with Gasteiger partial charge >= 0.3 is 0 Å². The van der Waals surface area contributed by atoms with E-state index in [4.69, 9.17) is 0 Å². The summed E-state index contributed by atoms with van der Waals surface area (Å²) in [5.74, 6) is 1.77. The maximum atomic E-state index is 4.59. The first-order valence-electron chi connectivity index (χ1n) is 9.20. The van der Waals surface area contributed by atoms with Crippen LogP contribution in [0.3, 0.4) is 0 Å². The summed E-state index contributed by atoms with van der Waals surface area (Å²) in [5.41, 5.74) is 0. The fraction of sp³-hybridized carbons (Fsp3) is 0.824. The largest absolute Gasteiger partial charge is 0.357 e. The van der Waals surface area contributed by atoms with Gasteiger partial charge in [0.05, 0.1) is 0 Å². The molecule has 0 aliphatic rings. The number of nitrogens with zero attached hydrogens (tertiary/aromatic N) is 4. The molecule has 6 nitrogen and oxygen atoms in total. The molecule has 1 rings (SSSR count). The first kappa shape index (κ1) is 19.5. The van der Waals surface area contributed by atoms with Crippen molar-refractivity contribution in [1.29, 1.82) is 0 Å². The third-order valence-electron chi connectivity index (χ3n) is 3.83. The highest BCUT2D eigenvalue weighted by molar-refractivity contribution is 5.79. The summed E-state index contributed by atoms with van der Waals surface area (Å²) in [6, 6.07) is 0. The lowest BCUT2D eigenvalue weighted by Gasteiger charge is -2.11. The fourth-order valence-electron chi connectivity index (χ4n) is 2.45. The summed E-state index contributed by atoms with van der Waals surface area (Å²) in [5, 5.41) is 14.7. The smallest absolute Gasteiger partial charge is 0.191 e. The summed E-state index contributed by atoms with van der Waals surface area (Å²) in [4.78, 5) is 4.59. The zero-order valence-corrected chi connectivity index (χ0v) is 15.1. The van der Waals surface area contributed by atoms with Crippen LogP contribution in [0.2, 0.25) is 0 Å². The molecule has 0 fully saturated rings. The molecule has 0 bridgehead atoms. The van der Waals surface area contributed by atoms with E-state index in [9.17, 15) is 0 Å². The zero-order chi connectivity index (χ0) is 16.8. The number of hydrogen-bond donors (Lipinski definition) is 2. The van der Waals surface area contributed by atoms with Gasteiger partial charge in [-0.15, -0.1) is 10.2 Å². The molecule has 1 aromatic heterocycles. The van der Waals surface area contributed by atoms with Gasteiger partial charge in [0.25, 0.3) is 0 Å². The molecule has 0 unspecified atom stereocenters. The van der Waals surface area contributed by atoms with Crippen molar-refractivity contribution in [3.05, 3.63) is 12.2 Å². The Hall–Kier alpha value is -1.59. The Balaban J connectivity index is 2.24. The van der Waals surface area contributed by atoms with Crippen LogP contribution in [0.4, 0.5) is 0 Å². The second kappa shape index (κ2) is 12.9. The van der Waals surface area contributed by atoms with Gasteiger partial charge in [-0.05, 0) is 20.3 Å². The molecule has 132 valence electrons. The van der Waals surface area contributed by atoms with E-state index >= 15 is 0 Å². The van der Waals surface area contributed by atoms with Gasteiger partial charge in [-0.25, -0.2) is 4.99 Å². The van der Waals surface area contributed by atoms with Gasteiger partial charge in [-0.1, -0.05) is 45.4 Å². The maximum absolute atomic E-state index is 4.59. The van der Waals surface area contributed by atoms with Gasteiger partial charge in [-0.2, -0.15) is 0 Å². The fourth-order valence-corrected chi connectivity index (χ4v) is 2.45. The molecule has 0 aliphatic heterocycles. The van der Waals surface area contributed by atoms with Gasteiger partial charge in [-0.3, -0.25) is 0 Å². The topological polar surface area (TPSA) is 67.1 Å². The van der Waals surface area contributed by atoms with Crippen molar-refractivity contribution in [2.75, 3.05) is 13.1 Å². The molecule has 0 amide bonds. The standard InChI is InChI=1S/C17H34N6/c1-4-7-8-9-10-11-12-13-19-17(18-5-2)20-14-16-22-21-15-23(16)6-3/h15H,4-14H2,1-3H3,(H2,18,19,20). The summed E-state index contributed by atoms with van der Waals surface area (Å²) >= 11 is 0. The van der Waals surface area contributed by atoms with Crippen molar-refractivity contribution < 1.29 is 0 Å². The van der Waals surface area contributed by atoms with Crippen LogP contribution in [0.25, 0.3) is 0 Å². The van der Waals surface area contributed by atoms with Crippen molar-refractivity contribution in [3.63, 3.8) is 0 Å². The first-order chi connectivity index (χ1) is 11.3. The lowest BCUT2D eigenvalue weighted by molar-refractivity contribution is 0.583. The highest BCUT2D eigenvalue weighted by Crippen LogP contribution is 2.06. The van der Waals surface area contributed by atoms with Crippen molar-refractivity contribution in [3.8, 4) is 0 Å². The van der Waals surface area contributed by atoms with Crippen LogP contribution < -0.4 is 10.6 Å². The SMILES string of the molecule is CCCCCCCCCNC(=NCc1nncn1CC)NCC. The number of nitrogens with one attached hydrogen (secondary N) is 2. The van der Waals surface area contributed by atoms with E-state index in [1.165, 1.54) is 44.9 Å². The molecule has 1 aromatic rings. The second-order valence-electron chi connectivity index (χ2n) is 5.78. The molecule has 1 heterocycles. The molecule has 2 N–H and O–H groups in total. The zero-order valence-electron chi connectivity index (χ0n) is 15.1. The van der Waals surface area contributed by atoms with Crippen LogP contribution in [0, 0.1) is 0 Å². The third kappa shape index (κ3) is 8.57. The highest BCUT2D eigenvalue weighted by atomic mass is 15.3. The van der Waals surface area contributed by atoms with Crippen molar-refractivity contribution in [2.24, 2.45) is 4.99 Å². The Morgan fingerprint density at radius 2 is 1.78 bits per heavy atom. The van der Waals surface area contributed by atoms with Crippen LogP contribution in [-0.2, 0) is 13.1 Å². The van der Waals surface area contributed by atoms with Gasteiger partial charge < -0.3 is 15.2 Å². The Labute approximate surface area is 141 Å². The van der Waals surface area contributed by atoms with E-state index in [-0.39, 0.29) is 0 Å². The number of aromatic nitrogens is 3. The normalized spacial score (nSPS) is 11.7. The molecule has 23 heavy (non-hydrogen) atoms. The van der Waals surface area contributed by atoms with Gasteiger partial charge in [0.15, 0.2) is 11.8 Å². The Morgan fingerprint density at radius 3 is 2.48 bits per heavy atom. The molecule has 0 saturated carbocycles. The van der Waals surface area contributed by atoms with E-state index < -0.39 is 0 Å². The Kier molecular flexibility index (Phi) is 10.9. The lowest BCUT2D eigenvalue weighted by atomic mass is 10.1. The maximum Gasteiger partial charge on any atom is 0.191 e. The molecule has 6 heteroatoms. The average Bonchev–Trinajstić information content (AvgIpc) is 3.02. The number of unbranched alkanes of at least 4 members (excludes halogenated alkanes) is 6. The van der Waals surface area contributed by atoms with E-state index in [0.29, 0.717) is 6.54 Å². The van der Waals surface area contributed by atoms with Crippen LogP contribution in [0.15, 0.2) is 11.3 Å². The van der Waals surface area contributed by atoms with Crippen molar-refractivity contribution in [2.45, 2.75) is 78.8 Å². The molecule has 0 radical (unpaired) electrons. The molecule has 0 saturated heterocycles. The van der Waals surface area contributed by atoms with Crippen LogP contribution in [0.5, 0.6) is 0 Å². The van der Waals surface area contributed by atoms with E-state index in [1.807, 2.05) is 4.57 Å². The Bertz CT molecular complexity index is 426. The number of rotatable bonds is 12. The highest BCUT2D eigenvalue weighted by Gasteiger charge is 2.02. The molecular formula is C17H34N6. The average molecular weight is 323 g/mol. The van der Waals surface area contributed by atoms with Crippen LogP contribution in [0.1, 0.15) is 71.5 Å². The Morgan fingerprint density at radius 1 is 1.04 bits per heavy atom. The second-order valence-corrected chi connectivity index (χ2v) is 5.78. The summed E-state index contributed by atoms with van der Waals surface area (Å²) in [7, 11) is 0. The number of hydrogen-bond acceptors (Lipinski definition) is 3. The van der Waals surface area contributed by atoms with Gasteiger partial charge in [0.2, 0.25) is 0 Å². The van der Waals surface area contributed by atoms with Gasteiger partial charge in [0.1, 0.15) is 12.9 Å². The minimum atomic E-state index is 0.556. The monoisotopic (exact) mass is 322 g/mol. The number of aryl methyl sites for hydroxylation is 1. The predicted molar refractivity (Wildman–Crippen MR) is 96.5 cm³/mol. The van der Waals surface area contributed by atoms with Crippen LogP contribution >= 0.6 is 0 Å². The molecule has 0 atom stereocenters. The molecule has 0 aromatic carbocycles. The molecule has 0 aliphatic carbocycles. The summed E-state index contributed by atoms with van der Waals surface area (Å²) in [6.07, 6.45) is 11.0. The van der Waals surface area contributed by atoms with E-state index in [0.717, 1.165) is 31.4 Å². The van der Waals surface area contributed by atoms with E-state index in [2.05, 4.69) is 46.6 Å². The van der Waals surface area contributed by atoms with Crippen LogP contribution in [-0.4, -0.2) is 33.8 Å². The minimum absolute atomic E-state index is 0.556. The van der Waals surface area contributed by atoms with Gasteiger partial charge in [0, 0.05) is 19.6 Å². The third-order valence-corrected chi connectivity index (χ3v) is 3.83. The number of guanidine groups is 1.